The summed E-state index contributed by atoms with van der Waals surface area (Å²) in [5.74, 6) is 1.78. The Labute approximate surface area is 365 Å². The molecule has 0 radical (unpaired) electrons. The van der Waals surface area contributed by atoms with Crippen LogP contribution in [-0.2, 0) is 16.2 Å². The van der Waals surface area contributed by atoms with Gasteiger partial charge in [0.05, 0.1) is 24.0 Å². The summed E-state index contributed by atoms with van der Waals surface area (Å²) < 4.78 is 80.6. The van der Waals surface area contributed by atoms with Crippen molar-refractivity contribution in [1.29, 1.82) is 0 Å². The molecule has 0 aliphatic carbocycles. The maximum Gasteiger partial charge on any atom is 0.503 e. The van der Waals surface area contributed by atoms with Crippen LogP contribution >= 0.6 is 0 Å². The molecule has 3 heterocycles. The summed E-state index contributed by atoms with van der Waals surface area (Å²) >= 11 is 0. The highest BCUT2D eigenvalue weighted by atomic mass is 16.5. The van der Waals surface area contributed by atoms with Crippen molar-refractivity contribution in [1.82, 2.24) is 18.7 Å². The van der Waals surface area contributed by atoms with Crippen molar-refractivity contribution in [2.75, 3.05) is 0 Å². The van der Waals surface area contributed by atoms with E-state index in [0.717, 1.165) is 49.9 Å². The van der Waals surface area contributed by atoms with Gasteiger partial charge < -0.3 is 4.74 Å². The zero-order chi connectivity index (χ0) is 49.0. The molecule has 2 aromatic heterocycles. The molecular formula is C55H54N4O+2. The molecule has 5 heteroatoms. The number of benzene rings is 6. The average molecular weight is 795 g/mol. The van der Waals surface area contributed by atoms with E-state index in [0.29, 0.717) is 34.3 Å². The summed E-state index contributed by atoms with van der Waals surface area (Å²) in [6, 6.07) is 36.8. The van der Waals surface area contributed by atoms with Crippen LogP contribution in [0.25, 0.3) is 38.8 Å². The van der Waals surface area contributed by atoms with Gasteiger partial charge in [0.25, 0.3) is 5.69 Å². The third kappa shape index (κ3) is 7.14. The van der Waals surface area contributed by atoms with Crippen molar-refractivity contribution in [3.8, 4) is 28.4 Å². The molecule has 1 aliphatic heterocycles. The van der Waals surface area contributed by atoms with Crippen LogP contribution in [0.1, 0.15) is 95.5 Å². The fraction of sp³-hybridized carbons (Fsp3) is 0.236. The molecule has 0 N–H and O–H groups in total. The summed E-state index contributed by atoms with van der Waals surface area (Å²) in [4.78, 5) is 4.85. The Kier molecular flexibility index (Phi) is 7.28. The van der Waals surface area contributed by atoms with Crippen LogP contribution in [0.15, 0.2) is 146 Å². The molecule has 60 heavy (non-hydrogen) atoms. The highest BCUT2D eigenvalue weighted by Gasteiger charge is 2.39. The molecule has 0 spiro atoms. The van der Waals surface area contributed by atoms with Gasteiger partial charge in [-0.25, -0.2) is 4.98 Å². The number of fused-ring (bicyclic) bond motifs is 4. The number of pyridine rings is 1. The van der Waals surface area contributed by atoms with Crippen LogP contribution in [0.5, 0.6) is 11.5 Å². The van der Waals surface area contributed by atoms with Crippen LogP contribution in [-0.4, -0.2) is 15.6 Å². The van der Waals surface area contributed by atoms with Crippen LogP contribution in [0, 0.1) is 6.85 Å². The van der Waals surface area contributed by atoms with E-state index in [9.17, 15) is 0 Å². The van der Waals surface area contributed by atoms with Gasteiger partial charge in [-0.05, 0) is 103 Å². The zero-order valence-electron chi connectivity index (χ0n) is 43.7. The number of para-hydroxylation sites is 1. The van der Waals surface area contributed by atoms with Crippen molar-refractivity contribution in [2.24, 2.45) is 0 Å². The Morgan fingerprint density at radius 2 is 1.32 bits per heavy atom. The number of rotatable bonds is 6. The molecule has 5 nitrogen and oxygen atoms in total. The third-order valence-corrected chi connectivity index (χ3v) is 11.3. The maximum absolute atomic E-state index is 8.71. The monoisotopic (exact) mass is 794 g/mol. The Morgan fingerprint density at radius 1 is 0.600 bits per heavy atom. The van der Waals surface area contributed by atoms with Crippen LogP contribution in [0.2, 0.25) is 0 Å². The first-order valence-corrected chi connectivity index (χ1v) is 20.4. The second kappa shape index (κ2) is 14.3. The molecule has 6 aromatic carbocycles. The lowest BCUT2D eigenvalue weighted by Crippen LogP contribution is -2.17. The van der Waals surface area contributed by atoms with Gasteiger partial charge in [-0.3, -0.25) is 4.57 Å². The van der Waals surface area contributed by atoms with Crippen molar-refractivity contribution in [2.45, 2.75) is 85.4 Å². The van der Waals surface area contributed by atoms with Gasteiger partial charge >= 0.3 is 11.7 Å². The summed E-state index contributed by atoms with van der Waals surface area (Å²) in [6.45, 7) is 17.1. The lowest BCUT2D eigenvalue weighted by Gasteiger charge is -2.24. The molecule has 0 atom stereocenters. The Morgan fingerprint density at radius 3 is 2.03 bits per heavy atom. The lowest BCUT2D eigenvalue weighted by molar-refractivity contribution is 0.483. The first-order valence-electron chi connectivity index (χ1n) is 24.4. The molecule has 8 aromatic rings. The molecule has 0 saturated carbocycles. The Hall–Kier alpha value is -6.55. The van der Waals surface area contributed by atoms with Gasteiger partial charge in [0.1, 0.15) is 17.3 Å². The maximum atomic E-state index is 8.71. The van der Waals surface area contributed by atoms with Gasteiger partial charge in [-0.15, -0.1) is 0 Å². The number of aromatic nitrogens is 2. The topological polar surface area (TPSA) is 33.1 Å². The molecule has 298 valence electrons. The van der Waals surface area contributed by atoms with Gasteiger partial charge in [0.15, 0.2) is 0 Å². The molecule has 9 rings (SSSR count). The molecule has 0 amide bonds. The van der Waals surface area contributed by atoms with Gasteiger partial charge in [0, 0.05) is 57.0 Å². The molecule has 0 bridgehead atoms. The standard InChI is InChI=1S/C55H54N4O/c1-36-16-14-21-49-52(36)58(43-30-40(54(5,6)7)29-41(31-43)55(8,9)10)35-57(49)42-19-15-20-44(33-42)60-45-23-24-46-47-28-38(37-17-12-11-13-18-37)22-25-48(47)59(50(46)34-45)51-32-39(26-27-56-51)53(2,3)4/h11-34H,1-10H3/q+2/i1D3,11D,12D,13D,17D,18D. The van der Waals surface area contributed by atoms with Crippen molar-refractivity contribution < 1.29 is 15.7 Å². The second-order valence-electron chi connectivity index (χ2n) is 18.7. The van der Waals surface area contributed by atoms with Gasteiger partial charge in [0.2, 0.25) is 11.4 Å². The van der Waals surface area contributed by atoms with Crippen molar-refractivity contribution in [3.05, 3.63) is 168 Å². The van der Waals surface area contributed by atoms with E-state index in [2.05, 4.69) is 97.2 Å². The highest BCUT2D eigenvalue weighted by molar-refractivity contribution is 6.10. The summed E-state index contributed by atoms with van der Waals surface area (Å²) in [7, 11) is 0. The van der Waals surface area contributed by atoms with E-state index < -0.39 is 12.9 Å². The zero-order valence-corrected chi connectivity index (χ0v) is 35.7. The van der Waals surface area contributed by atoms with Crippen LogP contribution in [0.3, 0.4) is 0 Å². The van der Waals surface area contributed by atoms with E-state index >= 15 is 0 Å². The van der Waals surface area contributed by atoms with Crippen molar-refractivity contribution in [3.63, 3.8) is 0 Å². The predicted octanol–water partition coefficient (Wildman–Crippen LogP) is 14.7. The van der Waals surface area contributed by atoms with E-state index in [1.165, 1.54) is 0 Å². The fourth-order valence-electron chi connectivity index (χ4n) is 7.83. The largest absolute Gasteiger partial charge is 0.503 e. The summed E-state index contributed by atoms with van der Waals surface area (Å²) in [6.07, 6.45) is 1.80. The van der Waals surface area contributed by atoms with Gasteiger partial charge in [-0.1, -0.05) is 123 Å². The molecule has 0 saturated heterocycles. The Balaban J connectivity index is 1.19. The summed E-state index contributed by atoms with van der Waals surface area (Å²) in [5, 5.41) is 1.66. The normalized spacial score (nSPS) is 15.2. The smallest absolute Gasteiger partial charge is 0.457 e. The fourth-order valence-corrected chi connectivity index (χ4v) is 7.83. The quantitative estimate of drug-likeness (QED) is 0.157. The second-order valence-corrected chi connectivity index (χ2v) is 18.7. The minimum Gasteiger partial charge on any atom is -0.457 e. The number of nitrogens with zero attached hydrogens (tertiary/aromatic N) is 4. The first kappa shape index (κ1) is 30.5. The van der Waals surface area contributed by atoms with E-state index in [1.54, 1.807) is 24.4 Å². The SMILES string of the molecule is [2H]c1c([2H])c([2H])c(-c2ccc3c(c2)c2ccc(Oc4cccc([N+]5=C=[N+](c6cc(C(C)(C)C)cc(C(C)(C)C)c6)c6c5cccc6C([2H])([2H])[2H])c4)cc2n3-c2cc(C(C)(C)C)ccn2)c([2H])c1[2H]. The van der Waals surface area contributed by atoms with E-state index in [4.69, 9.17) is 20.7 Å². The highest BCUT2D eigenvalue weighted by Crippen LogP contribution is 2.42. The predicted molar refractivity (Wildman–Crippen MR) is 252 cm³/mol. The number of hydrogen-bond acceptors (Lipinski definition) is 2. The third-order valence-electron chi connectivity index (χ3n) is 11.3. The molecular weight excluding hydrogens is 733 g/mol. The average Bonchev–Trinajstić information content (AvgIpc) is 3.82. The first-order chi connectivity index (χ1) is 31.8. The lowest BCUT2D eigenvalue weighted by atomic mass is 9.80. The molecule has 0 unspecified atom stereocenters. The van der Waals surface area contributed by atoms with Crippen LogP contribution < -0.4 is 13.9 Å². The molecule has 1 aliphatic rings. The minimum atomic E-state index is -2.40. The van der Waals surface area contributed by atoms with Gasteiger partial charge in [-0.2, -0.15) is 0 Å². The number of ether oxygens (including phenoxy) is 1. The number of hydrogen-bond donors (Lipinski definition) is 0. The molecule has 0 fully saturated rings. The van der Waals surface area contributed by atoms with E-state index in [1.807, 2.05) is 75.9 Å². The Bertz CT molecular complexity index is 3410. The van der Waals surface area contributed by atoms with Crippen molar-refractivity contribution >= 4 is 50.6 Å². The number of aryl methyl sites for hydroxylation is 1. The van der Waals surface area contributed by atoms with Crippen LogP contribution in [0.4, 0.5) is 22.7 Å². The van der Waals surface area contributed by atoms with E-state index in [-0.39, 0.29) is 51.5 Å². The summed E-state index contributed by atoms with van der Waals surface area (Å²) in [5.41, 5.74) is 8.07. The minimum absolute atomic E-state index is 0.132.